The standard InChI is InChI=1S/C11H19N3O6S/c1-13(2)9(15)6-12-11(18)14-3-4-21(19,20)7-8(14)5-10(16)17/h8H,3-7H2,1-2H3,(H,12,18)(H,16,17). The van der Waals surface area contributed by atoms with Crippen LogP contribution < -0.4 is 5.32 Å². The van der Waals surface area contributed by atoms with Gasteiger partial charge in [0.15, 0.2) is 9.84 Å². The van der Waals surface area contributed by atoms with Crippen LogP contribution in [0.15, 0.2) is 0 Å². The van der Waals surface area contributed by atoms with Crippen molar-refractivity contribution in [1.29, 1.82) is 0 Å². The van der Waals surface area contributed by atoms with E-state index in [1.807, 2.05) is 0 Å². The molecule has 21 heavy (non-hydrogen) atoms. The molecule has 1 aliphatic rings. The second kappa shape index (κ2) is 6.74. The van der Waals surface area contributed by atoms with Gasteiger partial charge in [0.05, 0.1) is 30.5 Å². The normalized spacial score (nSPS) is 20.7. The number of amides is 3. The molecule has 1 fully saturated rings. The molecule has 10 heteroatoms. The van der Waals surface area contributed by atoms with Crippen molar-refractivity contribution < 1.29 is 27.9 Å². The first-order valence-corrected chi connectivity index (χ1v) is 8.11. The number of urea groups is 1. The maximum absolute atomic E-state index is 12.0. The van der Waals surface area contributed by atoms with Crippen molar-refractivity contribution >= 4 is 27.7 Å². The maximum atomic E-state index is 12.0. The molecule has 1 atom stereocenters. The minimum atomic E-state index is -3.35. The molecule has 9 nitrogen and oxygen atoms in total. The molecule has 1 rings (SSSR count). The van der Waals surface area contributed by atoms with E-state index in [1.54, 1.807) is 0 Å². The van der Waals surface area contributed by atoms with E-state index in [1.165, 1.54) is 19.0 Å². The van der Waals surface area contributed by atoms with Gasteiger partial charge in [-0.15, -0.1) is 0 Å². The van der Waals surface area contributed by atoms with Gasteiger partial charge in [0.1, 0.15) is 0 Å². The fourth-order valence-electron chi connectivity index (χ4n) is 1.94. The van der Waals surface area contributed by atoms with Crippen molar-refractivity contribution in [2.24, 2.45) is 0 Å². The van der Waals surface area contributed by atoms with Gasteiger partial charge in [-0.25, -0.2) is 13.2 Å². The molecule has 0 aromatic rings. The van der Waals surface area contributed by atoms with Gasteiger partial charge in [-0.1, -0.05) is 0 Å². The molecule has 0 aliphatic carbocycles. The van der Waals surface area contributed by atoms with Crippen LogP contribution in [0.3, 0.4) is 0 Å². The van der Waals surface area contributed by atoms with Crippen LogP contribution in [0.1, 0.15) is 6.42 Å². The van der Waals surface area contributed by atoms with Gasteiger partial charge in [-0.3, -0.25) is 9.59 Å². The lowest BCUT2D eigenvalue weighted by atomic mass is 10.2. The van der Waals surface area contributed by atoms with Gasteiger partial charge in [-0.2, -0.15) is 0 Å². The first kappa shape index (κ1) is 17.2. The van der Waals surface area contributed by atoms with E-state index in [2.05, 4.69) is 5.32 Å². The average Bonchev–Trinajstić information content (AvgIpc) is 2.33. The number of aliphatic carboxylic acids is 1. The lowest BCUT2D eigenvalue weighted by Gasteiger charge is -2.34. The first-order valence-electron chi connectivity index (χ1n) is 6.29. The lowest BCUT2D eigenvalue weighted by Crippen LogP contribution is -2.55. The third-order valence-electron chi connectivity index (χ3n) is 3.09. The zero-order valence-electron chi connectivity index (χ0n) is 11.9. The maximum Gasteiger partial charge on any atom is 0.318 e. The Balaban J connectivity index is 2.71. The van der Waals surface area contributed by atoms with Crippen LogP contribution in [-0.2, 0) is 19.4 Å². The van der Waals surface area contributed by atoms with Crippen molar-refractivity contribution in [2.75, 3.05) is 38.7 Å². The third-order valence-corrected chi connectivity index (χ3v) is 4.79. The topological polar surface area (TPSA) is 124 Å². The zero-order valence-corrected chi connectivity index (χ0v) is 12.7. The smallest absolute Gasteiger partial charge is 0.318 e. The van der Waals surface area contributed by atoms with E-state index in [0.29, 0.717) is 0 Å². The summed E-state index contributed by atoms with van der Waals surface area (Å²) in [6, 6.07) is -1.55. The quantitative estimate of drug-likeness (QED) is 0.640. The third kappa shape index (κ3) is 5.21. The molecular weight excluding hydrogens is 302 g/mol. The SMILES string of the molecule is CN(C)C(=O)CNC(=O)N1CCS(=O)(=O)CC1CC(=O)O. The van der Waals surface area contributed by atoms with E-state index in [0.717, 1.165) is 4.90 Å². The monoisotopic (exact) mass is 321 g/mol. The van der Waals surface area contributed by atoms with Crippen molar-refractivity contribution in [3.63, 3.8) is 0 Å². The Morgan fingerprint density at radius 1 is 1.33 bits per heavy atom. The van der Waals surface area contributed by atoms with E-state index >= 15 is 0 Å². The summed E-state index contributed by atoms with van der Waals surface area (Å²) in [5.74, 6) is -2.09. The van der Waals surface area contributed by atoms with E-state index < -0.39 is 34.3 Å². The Kier molecular flexibility index (Phi) is 5.53. The second-order valence-corrected chi connectivity index (χ2v) is 7.24. The van der Waals surface area contributed by atoms with Crippen LogP contribution >= 0.6 is 0 Å². The Morgan fingerprint density at radius 3 is 2.48 bits per heavy atom. The number of carboxylic acids is 1. The van der Waals surface area contributed by atoms with Crippen LogP contribution in [0.5, 0.6) is 0 Å². The number of carbonyl (C=O) groups is 3. The van der Waals surface area contributed by atoms with Crippen LogP contribution in [0.25, 0.3) is 0 Å². The van der Waals surface area contributed by atoms with Gasteiger partial charge in [0.25, 0.3) is 0 Å². The molecule has 1 saturated heterocycles. The number of carbonyl (C=O) groups excluding carboxylic acids is 2. The number of likely N-dealkylation sites (N-methyl/N-ethyl adjacent to an activating group) is 1. The summed E-state index contributed by atoms with van der Waals surface area (Å²) in [6.07, 6.45) is -0.450. The molecule has 0 radical (unpaired) electrons. The van der Waals surface area contributed by atoms with Crippen molar-refractivity contribution in [2.45, 2.75) is 12.5 Å². The number of hydrogen-bond acceptors (Lipinski definition) is 5. The summed E-state index contributed by atoms with van der Waals surface area (Å²) in [5, 5.41) is 11.2. The largest absolute Gasteiger partial charge is 0.481 e. The molecule has 1 aliphatic heterocycles. The van der Waals surface area contributed by atoms with Gasteiger partial charge in [-0.05, 0) is 0 Å². The summed E-state index contributed by atoms with van der Waals surface area (Å²) in [7, 11) is -0.275. The molecule has 0 aromatic carbocycles. The van der Waals surface area contributed by atoms with Gasteiger partial charge < -0.3 is 20.2 Å². The second-order valence-electron chi connectivity index (χ2n) is 5.01. The predicted octanol–water partition coefficient (Wildman–Crippen LogP) is -1.64. The number of hydrogen-bond donors (Lipinski definition) is 2. The summed E-state index contributed by atoms with van der Waals surface area (Å²) in [4.78, 5) is 36.6. The van der Waals surface area contributed by atoms with Crippen molar-refractivity contribution in [1.82, 2.24) is 15.1 Å². The Morgan fingerprint density at radius 2 is 1.95 bits per heavy atom. The summed E-state index contributed by atoms with van der Waals surface area (Å²) < 4.78 is 23.1. The highest BCUT2D eigenvalue weighted by atomic mass is 32.2. The van der Waals surface area contributed by atoms with Gasteiger partial charge >= 0.3 is 12.0 Å². The van der Waals surface area contributed by atoms with Crippen LogP contribution in [-0.4, -0.2) is 86.0 Å². The predicted molar refractivity (Wildman–Crippen MR) is 73.5 cm³/mol. The number of sulfone groups is 1. The Labute approximate surface area is 122 Å². The van der Waals surface area contributed by atoms with Crippen LogP contribution in [0, 0.1) is 0 Å². The fourth-order valence-corrected chi connectivity index (χ4v) is 3.46. The minimum absolute atomic E-state index is 0.0811. The first-order chi connectivity index (χ1) is 9.62. The highest BCUT2D eigenvalue weighted by molar-refractivity contribution is 7.91. The number of nitrogens with one attached hydrogen (secondary N) is 1. The van der Waals surface area contributed by atoms with Crippen LogP contribution in [0.4, 0.5) is 4.79 Å². The number of nitrogens with zero attached hydrogens (tertiary/aromatic N) is 2. The minimum Gasteiger partial charge on any atom is -0.481 e. The van der Waals surface area contributed by atoms with E-state index in [4.69, 9.17) is 5.11 Å². The highest BCUT2D eigenvalue weighted by Gasteiger charge is 2.35. The van der Waals surface area contributed by atoms with Crippen LogP contribution in [0.2, 0.25) is 0 Å². The van der Waals surface area contributed by atoms with Gasteiger partial charge in [0, 0.05) is 20.6 Å². The molecule has 2 N–H and O–H groups in total. The molecule has 0 aromatic heterocycles. The lowest BCUT2D eigenvalue weighted by molar-refractivity contribution is -0.138. The van der Waals surface area contributed by atoms with Gasteiger partial charge in [0.2, 0.25) is 5.91 Å². The number of carboxylic acid groups (broad SMARTS) is 1. The molecule has 0 spiro atoms. The number of rotatable bonds is 4. The zero-order chi connectivity index (χ0) is 16.2. The molecule has 3 amide bonds. The molecule has 1 heterocycles. The molecule has 1 unspecified atom stereocenters. The molecule has 0 bridgehead atoms. The summed E-state index contributed by atoms with van der Waals surface area (Å²) >= 11 is 0. The fraction of sp³-hybridized carbons (Fsp3) is 0.727. The molecular formula is C11H19N3O6S. The van der Waals surface area contributed by atoms with E-state index in [9.17, 15) is 22.8 Å². The molecule has 0 saturated carbocycles. The Hall–Kier alpha value is -1.84. The summed E-state index contributed by atoms with van der Waals surface area (Å²) in [5.41, 5.74) is 0. The average molecular weight is 321 g/mol. The summed E-state index contributed by atoms with van der Waals surface area (Å²) in [6.45, 7) is -0.308. The Bertz CT molecular complexity index is 530. The molecule has 120 valence electrons. The van der Waals surface area contributed by atoms with E-state index in [-0.39, 0.29) is 30.5 Å². The van der Waals surface area contributed by atoms with Crippen molar-refractivity contribution in [3.8, 4) is 0 Å². The highest BCUT2D eigenvalue weighted by Crippen LogP contribution is 2.15. The van der Waals surface area contributed by atoms with Crippen molar-refractivity contribution in [3.05, 3.63) is 0 Å².